The van der Waals surface area contributed by atoms with Crippen LogP contribution in [-0.2, 0) is 4.79 Å². The Morgan fingerprint density at radius 1 is 1.18 bits per heavy atom. The summed E-state index contributed by atoms with van der Waals surface area (Å²) in [6.07, 6.45) is 0. The molecule has 1 aromatic carbocycles. The number of benzene rings is 1. The number of nitrogens with one attached hydrogen (secondary N) is 1. The van der Waals surface area contributed by atoms with Crippen molar-refractivity contribution in [3.63, 3.8) is 0 Å². The smallest absolute Gasteiger partial charge is 0.253 e. The Hall–Kier alpha value is -1.34. The summed E-state index contributed by atoms with van der Waals surface area (Å²) in [5.41, 5.74) is -0.474. The highest BCUT2D eigenvalue weighted by molar-refractivity contribution is 6.36. The molecule has 156 valence electrons. The molecule has 0 saturated carbocycles. The SMILES string of the molecule is CC(C)C(NC(=O)c1ccc(Cl)cc1Cl)C(=O)N1CCN(CC(C)(C)O)CC1. The molecule has 1 saturated heterocycles. The minimum absolute atomic E-state index is 0.0723. The third-order valence-corrected chi connectivity index (χ3v) is 5.24. The molecule has 0 aliphatic carbocycles. The van der Waals surface area contributed by atoms with Crippen molar-refractivity contribution >= 4 is 35.0 Å². The van der Waals surface area contributed by atoms with Gasteiger partial charge in [-0.25, -0.2) is 0 Å². The fraction of sp³-hybridized carbons (Fsp3) is 0.600. The molecule has 2 N–H and O–H groups in total. The van der Waals surface area contributed by atoms with Crippen molar-refractivity contribution in [1.82, 2.24) is 15.1 Å². The lowest BCUT2D eigenvalue weighted by Crippen LogP contribution is -2.57. The monoisotopic (exact) mass is 429 g/mol. The van der Waals surface area contributed by atoms with Gasteiger partial charge in [0.2, 0.25) is 5.91 Å². The lowest BCUT2D eigenvalue weighted by Gasteiger charge is -2.39. The number of hydrogen-bond donors (Lipinski definition) is 2. The maximum Gasteiger partial charge on any atom is 0.253 e. The van der Waals surface area contributed by atoms with Crippen molar-refractivity contribution in [3.05, 3.63) is 33.8 Å². The van der Waals surface area contributed by atoms with E-state index in [1.54, 1.807) is 30.9 Å². The topological polar surface area (TPSA) is 72.9 Å². The van der Waals surface area contributed by atoms with E-state index in [1.807, 2.05) is 13.8 Å². The molecule has 1 aromatic rings. The lowest BCUT2D eigenvalue weighted by atomic mass is 10.0. The number of carbonyl (C=O) groups excluding carboxylic acids is 2. The molecule has 1 atom stereocenters. The largest absolute Gasteiger partial charge is 0.389 e. The minimum atomic E-state index is -0.765. The fourth-order valence-electron chi connectivity index (χ4n) is 3.28. The molecule has 0 bridgehead atoms. The van der Waals surface area contributed by atoms with Gasteiger partial charge in [0.05, 0.1) is 16.2 Å². The maximum absolute atomic E-state index is 13.0. The van der Waals surface area contributed by atoms with Crippen LogP contribution in [0.2, 0.25) is 10.0 Å². The number of aliphatic hydroxyl groups is 1. The van der Waals surface area contributed by atoms with Crippen molar-refractivity contribution in [2.24, 2.45) is 5.92 Å². The van der Waals surface area contributed by atoms with Gasteiger partial charge in [0, 0.05) is 37.7 Å². The van der Waals surface area contributed by atoms with E-state index in [1.165, 1.54) is 6.07 Å². The number of piperazine rings is 1. The van der Waals surface area contributed by atoms with Gasteiger partial charge in [0.15, 0.2) is 0 Å². The van der Waals surface area contributed by atoms with Crippen molar-refractivity contribution in [2.45, 2.75) is 39.3 Å². The summed E-state index contributed by atoms with van der Waals surface area (Å²) in [6.45, 7) is 10.4. The fourth-order valence-corrected chi connectivity index (χ4v) is 3.77. The summed E-state index contributed by atoms with van der Waals surface area (Å²) in [5.74, 6) is -0.567. The van der Waals surface area contributed by atoms with Crippen LogP contribution in [0.15, 0.2) is 18.2 Å². The van der Waals surface area contributed by atoms with Crippen LogP contribution in [0, 0.1) is 5.92 Å². The lowest BCUT2D eigenvalue weighted by molar-refractivity contribution is -0.136. The first-order valence-electron chi connectivity index (χ1n) is 9.47. The van der Waals surface area contributed by atoms with Gasteiger partial charge in [-0.15, -0.1) is 0 Å². The molecule has 1 unspecified atom stereocenters. The van der Waals surface area contributed by atoms with Crippen LogP contribution in [0.4, 0.5) is 0 Å². The number of hydrogen-bond acceptors (Lipinski definition) is 4. The zero-order valence-corrected chi connectivity index (χ0v) is 18.3. The van der Waals surface area contributed by atoms with Gasteiger partial charge in [0.25, 0.3) is 5.91 Å². The van der Waals surface area contributed by atoms with Crippen LogP contribution in [-0.4, -0.2) is 71.1 Å². The first-order chi connectivity index (χ1) is 13.0. The summed E-state index contributed by atoms with van der Waals surface area (Å²) in [6, 6.07) is 4.01. The number of amides is 2. The number of halogens is 2. The zero-order valence-electron chi connectivity index (χ0n) is 16.8. The average Bonchev–Trinajstić information content (AvgIpc) is 2.58. The summed E-state index contributed by atoms with van der Waals surface area (Å²) in [7, 11) is 0. The van der Waals surface area contributed by atoms with Gasteiger partial charge in [-0.2, -0.15) is 0 Å². The molecule has 0 radical (unpaired) electrons. The Morgan fingerprint density at radius 3 is 2.29 bits per heavy atom. The average molecular weight is 430 g/mol. The molecule has 1 fully saturated rings. The van der Waals surface area contributed by atoms with E-state index in [4.69, 9.17) is 23.2 Å². The van der Waals surface area contributed by atoms with Crippen LogP contribution < -0.4 is 5.32 Å². The third-order valence-electron chi connectivity index (χ3n) is 4.69. The van der Waals surface area contributed by atoms with Gasteiger partial charge in [0.1, 0.15) is 6.04 Å². The van der Waals surface area contributed by atoms with Crippen molar-refractivity contribution < 1.29 is 14.7 Å². The normalized spacial score (nSPS) is 16.9. The zero-order chi connectivity index (χ0) is 21.1. The van der Waals surface area contributed by atoms with E-state index in [0.29, 0.717) is 43.3 Å². The molecule has 1 aliphatic heterocycles. The molecule has 6 nitrogen and oxygen atoms in total. The number of nitrogens with zero attached hydrogens (tertiary/aromatic N) is 2. The van der Waals surface area contributed by atoms with E-state index in [-0.39, 0.29) is 16.8 Å². The molecule has 0 aromatic heterocycles. The molecule has 2 amide bonds. The number of rotatable bonds is 6. The Bertz CT molecular complexity index is 711. The highest BCUT2D eigenvalue weighted by atomic mass is 35.5. The van der Waals surface area contributed by atoms with Gasteiger partial charge in [-0.3, -0.25) is 14.5 Å². The van der Waals surface area contributed by atoms with Crippen LogP contribution in [0.1, 0.15) is 38.1 Å². The first-order valence-corrected chi connectivity index (χ1v) is 10.2. The second-order valence-electron chi connectivity index (χ2n) is 8.23. The predicted octanol–water partition coefficient (Wildman–Crippen LogP) is 2.66. The van der Waals surface area contributed by atoms with Crippen LogP contribution in [0.25, 0.3) is 0 Å². The third kappa shape index (κ3) is 6.34. The highest BCUT2D eigenvalue weighted by Crippen LogP contribution is 2.21. The standard InChI is InChI=1S/C20H29Cl2N3O3/c1-13(2)17(23-18(26)15-6-5-14(21)11-16(15)22)19(27)25-9-7-24(8-10-25)12-20(3,4)28/h5-6,11,13,17,28H,7-10,12H2,1-4H3,(H,23,26). The Morgan fingerprint density at radius 2 is 1.79 bits per heavy atom. The highest BCUT2D eigenvalue weighted by Gasteiger charge is 2.32. The van der Waals surface area contributed by atoms with E-state index in [9.17, 15) is 14.7 Å². The molecule has 8 heteroatoms. The van der Waals surface area contributed by atoms with E-state index in [0.717, 1.165) is 0 Å². The Kier molecular flexibility index (Phi) is 7.73. The second-order valence-corrected chi connectivity index (χ2v) is 9.08. The van der Waals surface area contributed by atoms with Gasteiger partial charge >= 0.3 is 0 Å². The molecule has 0 spiro atoms. The number of β-amino-alcohol motifs (C(OH)–C–C–N with tert-alkyl or cyclic N) is 1. The molecule has 2 rings (SSSR count). The molecule has 1 heterocycles. The maximum atomic E-state index is 13.0. The Balaban J connectivity index is 2.02. The van der Waals surface area contributed by atoms with E-state index < -0.39 is 17.6 Å². The minimum Gasteiger partial charge on any atom is -0.389 e. The van der Waals surface area contributed by atoms with Crippen molar-refractivity contribution in [2.75, 3.05) is 32.7 Å². The Labute approximate surface area is 176 Å². The van der Waals surface area contributed by atoms with Crippen LogP contribution in [0.3, 0.4) is 0 Å². The molecule has 28 heavy (non-hydrogen) atoms. The van der Waals surface area contributed by atoms with Gasteiger partial charge < -0.3 is 15.3 Å². The summed E-state index contributed by atoms with van der Waals surface area (Å²) < 4.78 is 0. The second kappa shape index (κ2) is 9.44. The van der Waals surface area contributed by atoms with E-state index >= 15 is 0 Å². The molecule has 1 aliphatic rings. The first kappa shape index (κ1) is 22.9. The summed E-state index contributed by atoms with van der Waals surface area (Å²) in [5, 5.41) is 13.5. The predicted molar refractivity (Wildman–Crippen MR) is 112 cm³/mol. The quantitative estimate of drug-likeness (QED) is 0.728. The van der Waals surface area contributed by atoms with Crippen LogP contribution >= 0.6 is 23.2 Å². The van der Waals surface area contributed by atoms with Gasteiger partial charge in [-0.1, -0.05) is 37.0 Å². The number of carbonyl (C=O) groups is 2. The van der Waals surface area contributed by atoms with E-state index in [2.05, 4.69) is 10.2 Å². The van der Waals surface area contributed by atoms with Crippen molar-refractivity contribution in [1.29, 1.82) is 0 Å². The molecular formula is C20H29Cl2N3O3. The van der Waals surface area contributed by atoms with Gasteiger partial charge in [-0.05, 0) is 38.0 Å². The molecular weight excluding hydrogens is 401 g/mol. The van der Waals surface area contributed by atoms with Crippen LogP contribution in [0.5, 0.6) is 0 Å². The summed E-state index contributed by atoms with van der Waals surface area (Å²) in [4.78, 5) is 29.6. The van der Waals surface area contributed by atoms with Crippen molar-refractivity contribution in [3.8, 4) is 0 Å². The summed E-state index contributed by atoms with van der Waals surface area (Å²) >= 11 is 12.0.